The highest BCUT2D eigenvalue weighted by Crippen LogP contribution is 2.28. The van der Waals surface area contributed by atoms with Crippen LogP contribution >= 0.6 is 0 Å². The Morgan fingerprint density at radius 3 is 2.56 bits per heavy atom. The van der Waals surface area contributed by atoms with Crippen molar-refractivity contribution in [2.75, 3.05) is 38.2 Å². The van der Waals surface area contributed by atoms with Gasteiger partial charge in [-0.05, 0) is 24.6 Å². The third kappa shape index (κ3) is 4.69. The van der Waals surface area contributed by atoms with E-state index in [1.54, 1.807) is 12.1 Å². The van der Waals surface area contributed by atoms with E-state index in [0.717, 1.165) is 18.7 Å². The van der Waals surface area contributed by atoms with Crippen LogP contribution in [0, 0.1) is 10.1 Å². The molecule has 142 valence electrons. The Morgan fingerprint density at radius 1 is 1.22 bits per heavy atom. The summed E-state index contributed by atoms with van der Waals surface area (Å²) in [6.07, 6.45) is 0. The summed E-state index contributed by atoms with van der Waals surface area (Å²) in [7, 11) is 0. The largest absolute Gasteiger partial charge is 0.379 e. The number of nitrogens with zero attached hydrogens (tertiary/aromatic N) is 2. The van der Waals surface area contributed by atoms with Gasteiger partial charge in [0.1, 0.15) is 5.69 Å². The maximum absolute atomic E-state index is 11.5. The molecule has 0 aromatic heterocycles. The number of benzene rings is 2. The van der Waals surface area contributed by atoms with Gasteiger partial charge in [-0.15, -0.1) is 0 Å². The zero-order chi connectivity index (χ0) is 19.2. The standard InChI is InChI=1S/C20H23N3O4/c1-15(24)17-7-8-18(19(13-17)23(25)26)21-14-20(16-5-3-2-4-6-16)22-9-11-27-12-10-22/h2-8,13,20-21H,9-12,14H2,1H3. The normalized spacial score (nSPS) is 15.9. The van der Waals surface area contributed by atoms with E-state index < -0.39 is 4.92 Å². The summed E-state index contributed by atoms with van der Waals surface area (Å²) in [5.41, 5.74) is 1.81. The Labute approximate surface area is 158 Å². The first-order chi connectivity index (χ1) is 13.1. The average molecular weight is 369 g/mol. The van der Waals surface area contributed by atoms with E-state index in [9.17, 15) is 14.9 Å². The molecule has 1 heterocycles. The van der Waals surface area contributed by atoms with Crippen molar-refractivity contribution in [1.82, 2.24) is 4.90 Å². The lowest BCUT2D eigenvalue weighted by molar-refractivity contribution is -0.384. The number of Topliss-reactive ketones (excluding diaryl/α,β-unsaturated/α-hetero) is 1. The van der Waals surface area contributed by atoms with Gasteiger partial charge in [-0.2, -0.15) is 0 Å². The first-order valence-electron chi connectivity index (χ1n) is 8.96. The summed E-state index contributed by atoms with van der Waals surface area (Å²) in [5.74, 6) is -0.194. The van der Waals surface area contributed by atoms with Crippen molar-refractivity contribution in [2.45, 2.75) is 13.0 Å². The molecule has 1 aliphatic rings. The molecule has 2 aromatic rings. The van der Waals surface area contributed by atoms with E-state index in [4.69, 9.17) is 4.74 Å². The van der Waals surface area contributed by atoms with E-state index in [1.165, 1.54) is 13.0 Å². The van der Waals surface area contributed by atoms with Gasteiger partial charge in [0, 0.05) is 31.3 Å². The van der Waals surface area contributed by atoms with Crippen LogP contribution in [0.5, 0.6) is 0 Å². The number of nitro groups is 1. The minimum atomic E-state index is -0.457. The van der Waals surface area contributed by atoms with Crippen LogP contribution in [-0.2, 0) is 4.74 Å². The summed E-state index contributed by atoms with van der Waals surface area (Å²) in [6.45, 7) is 4.90. The number of ether oxygens (including phenoxy) is 1. The predicted octanol–water partition coefficient (Wildman–Crippen LogP) is 3.28. The number of carbonyl (C=O) groups is 1. The molecule has 0 saturated carbocycles. The fourth-order valence-electron chi connectivity index (χ4n) is 3.28. The summed E-state index contributed by atoms with van der Waals surface area (Å²) >= 11 is 0. The Morgan fingerprint density at radius 2 is 1.93 bits per heavy atom. The van der Waals surface area contributed by atoms with Gasteiger partial charge in [0.25, 0.3) is 5.69 Å². The molecule has 0 bridgehead atoms. The van der Waals surface area contributed by atoms with Crippen LogP contribution in [0.1, 0.15) is 28.9 Å². The minimum absolute atomic E-state index is 0.0715. The Bertz CT molecular complexity index is 804. The van der Waals surface area contributed by atoms with Crippen LogP contribution in [0.3, 0.4) is 0 Å². The molecule has 1 atom stereocenters. The molecule has 0 spiro atoms. The van der Waals surface area contributed by atoms with Gasteiger partial charge >= 0.3 is 0 Å². The molecule has 7 nitrogen and oxygen atoms in total. The number of anilines is 1. The van der Waals surface area contributed by atoms with E-state index >= 15 is 0 Å². The van der Waals surface area contributed by atoms with Crippen LogP contribution in [0.15, 0.2) is 48.5 Å². The maximum atomic E-state index is 11.5. The zero-order valence-electron chi connectivity index (χ0n) is 15.3. The topological polar surface area (TPSA) is 84.7 Å². The second-order valence-corrected chi connectivity index (χ2v) is 6.50. The van der Waals surface area contributed by atoms with Crippen molar-refractivity contribution in [3.8, 4) is 0 Å². The molecule has 1 saturated heterocycles. The molecule has 1 N–H and O–H groups in total. The number of rotatable bonds is 7. The quantitative estimate of drug-likeness (QED) is 0.458. The van der Waals surface area contributed by atoms with Gasteiger partial charge in [0.15, 0.2) is 5.78 Å². The van der Waals surface area contributed by atoms with Crippen molar-refractivity contribution in [3.63, 3.8) is 0 Å². The van der Waals surface area contributed by atoms with Gasteiger partial charge in [-0.3, -0.25) is 19.8 Å². The highest BCUT2D eigenvalue weighted by Gasteiger charge is 2.24. The molecule has 1 aliphatic heterocycles. The van der Waals surface area contributed by atoms with Crippen LogP contribution in [-0.4, -0.2) is 48.5 Å². The first kappa shape index (κ1) is 19.0. The smallest absolute Gasteiger partial charge is 0.293 e. The van der Waals surface area contributed by atoms with Gasteiger partial charge in [-0.1, -0.05) is 30.3 Å². The highest BCUT2D eigenvalue weighted by atomic mass is 16.6. The van der Waals surface area contributed by atoms with Crippen LogP contribution < -0.4 is 5.32 Å². The summed E-state index contributed by atoms with van der Waals surface area (Å²) in [4.78, 5) is 24.8. The van der Waals surface area contributed by atoms with Crippen molar-refractivity contribution < 1.29 is 14.5 Å². The lowest BCUT2D eigenvalue weighted by Gasteiger charge is -2.35. The number of hydrogen-bond acceptors (Lipinski definition) is 6. The number of nitrogens with one attached hydrogen (secondary N) is 1. The molecule has 27 heavy (non-hydrogen) atoms. The number of ketones is 1. The summed E-state index contributed by atoms with van der Waals surface area (Å²) in [5, 5.41) is 14.7. The third-order valence-electron chi connectivity index (χ3n) is 4.76. The second kappa shape index (κ2) is 8.75. The van der Waals surface area contributed by atoms with Gasteiger partial charge in [0.05, 0.1) is 24.2 Å². The number of carbonyl (C=O) groups excluding carboxylic acids is 1. The number of morpholine rings is 1. The van der Waals surface area contributed by atoms with Crippen LogP contribution in [0.4, 0.5) is 11.4 Å². The average Bonchev–Trinajstić information content (AvgIpc) is 2.69. The van der Waals surface area contributed by atoms with E-state index in [1.807, 2.05) is 18.2 Å². The van der Waals surface area contributed by atoms with Crippen molar-refractivity contribution in [1.29, 1.82) is 0 Å². The first-order valence-corrected chi connectivity index (χ1v) is 8.96. The van der Waals surface area contributed by atoms with Crippen molar-refractivity contribution >= 4 is 17.2 Å². The van der Waals surface area contributed by atoms with Crippen molar-refractivity contribution in [2.24, 2.45) is 0 Å². The molecule has 1 fully saturated rings. The predicted molar refractivity (Wildman–Crippen MR) is 103 cm³/mol. The SMILES string of the molecule is CC(=O)c1ccc(NCC(c2ccccc2)N2CCOCC2)c([N+](=O)[O-])c1. The molecule has 0 amide bonds. The maximum Gasteiger partial charge on any atom is 0.293 e. The monoisotopic (exact) mass is 369 g/mol. The fraction of sp³-hybridized carbons (Fsp3) is 0.350. The van der Waals surface area contributed by atoms with E-state index in [2.05, 4.69) is 22.3 Å². The Balaban J connectivity index is 1.83. The molecule has 3 rings (SSSR count). The molecule has 7 heteroatoms. The zero-order valence-corrected chi connectivity index (χ0v) is 15.3. The number of hydrogen-bond donors (Lipinski definition) is 1. The lowest BCUT2D eigenvalue weighted by Crippen LogP contribution is -2.41. The second-order valence-electron chi connectivity index (χ2n) is 6.50. The van der Waals surface area contributed by atoms with E-state index in [-0.39, 0.29) is 17.5 Å². The summed E-state index contributed by atoms with van der Waals surface area (Å²) in [6, 6.07) is 14.7. The van der Waals surface area contributed by atoms with Gasteiger partial charge in [0.2, 0.25) is 0 Å². The Kier molecular flexibility index (Phi) is 6.16. The molecule has 1 unspecified atom stereocenters. The third-order valence-corrected chi connectivity index (χ3v) is 4.76. The highest BCUT2D eigenvalue weighted by molar-refractivity contribution is 5.95. The fourth-order valence-corrected chi connectivity index (χ4v) is 3.28. The molecular formula is C20H23N3O4. The molecule has 0 aliphatic carbocycles. The van der Waals surface area contributed by atoms with E-state index in [0.29, 0.717) is 31.0 Å². The van der Waals surface area contributed by atoms with Gasteiger partial charge in [-0.25, -0.2) is 0 Å². The van der Waals surface area contributed by atoms with Crippen LogP contribution in [0.25, 0.3) is 0 Å². The Hall–Kier alpha value is -2.77. The lowest BCUT2D eigenvalue weighted by atomic mass is 10.0. The summed E-state index contributed by atoms with van der Waals surface area (Å²) < 4.78 is 5.45. The molecular weight excluding hydrogens is 346 g/mol. The minimum Gasteiger partial charge on any atom is -0.379 e. The molecule has 0 radical (unpaired) electrons. The number of nitro benzene ring substituents is 1. The molecule has 2 aromatic carbocycles. The van der Waals surface area contributed by atoms with Gasteiger partial charge < -0.3 is 10.1 Å². The van der Waals surface area contributed by atoms with Crippen molar-refractivity contribution in [3.05, 3.63) is 69.8 Å². The van der Waals surface area contributed by atoms with Crippen LogP contribution in [0.2, 0.25) is 0 Å².